The van der Waals surface area contributed by atoms with E-state index < -0.39 is 0 Å². The second-order valence-electron chi connectivity index (χ2n) is 4.25. The molecule has 2 aliphatic rings. The van der Waals surface area contributed by atoms with Gasteiger partial charge in [0.2, 0.25) is 0 Å². The van der Waals surface area contributed by atoms with Gasteiger partial charge in [0.25, 0.3) is 0 Å². The van der Waals surface area contributed by atoms with Crippen molar-refractivity contribution in [2.45, 2.75) is 39.5 Å². The molecule has 0 heteroatoms. The lowest BCUT2D eigenvalue weighted by Gasteiger charge is -2.24. The monoisotopic (exact) mass is 136 g/mol. The summed E-state index contributed by atoms with van der Waals surface area (Å²) in [6, 6.07) is 0. The van der Waals surface area contributed by atoms with Gasteiger partial charge in [0.1, 0.15) is 0 Å². The van der Waals surface area contributed by atoms with Crippen LogP contribution >= 0.6 is 0 Å². The number of rotatable bonds is 0. The fourth-order valence-electron chi connectivity index (χ4n) is 2.79. The molecule has 0 aromatic heterocycles. The van der Waals surface area contributed by atoms with E-state index in [9.17, 15) is 0 Å². The van der Waals surface area contributed by atoms with Gasteiger partial charge in [-0.15, -0.1) is 0 Å². The first kappa shape index (κ1) is 6.45. The summed E-state index contributed by atoms with van der Waals surface area (Å²) in [7, 11) is 0. The first-order valence-corrected chi connectivity index (χ1v) is 4.39. The van der Waals surface area contributed by atoms with Crippen molar-refractivity contribution in [2.75, 3.05) is 0 Å². The maximum absolute atomic E-state index is 2.46. The maximum atomic E-state index is 2.46. The molecule has 0 nitrogen and oxygen atoms in total. The van der Waals surface area contributed by atoms with Gasteiger partial charge in [-0.25, -0.2) is 0 Å². The van der Waals surface area contributed by atoms with E-state index in [0.717, 1.165) is 5.92 Å². The van der Waals surface area contributed by atoms with Gasteiger partial charge in [0.05, 0.1) is 0 Å². The lowest BCUT2D eigenvalue weighted by atomic mass is 9.80. The Hall–Kier alpha value is -0.260. The molecule has 0 aromatic carbocycles. The van der Waals surface area contributed by atoms with Crippen molar-refractivity contribution >= 4 is 0 Å². The lowest BCUT2D eigenvalue weighted by Crippen LogP contribution is -2.16. The third-order valence-corrected chi connectivity index (χ3v) is 3.52. The average molecular weight is 136 g/mol. The predicted octanol–water partition coefficient (Wildman–Crippen LogP) is 3.14. The molecule has 0 saturated heterocycles. The molecule has 0 heterocycles. The van der Waals surface area contributed by atoms with Crippen LogP contribution in [-0.2, 0) is 0 Å². The van der Waals surface area contributed by atoms with E-state index in [-0.39, 0.29) is 0 Å². The van der Waals surface area contributed by atoms with Crippen LogP contribution in [0.25, 0.3) is 0 Å². The van der Waals surface area contributed by atoms with Crippen LogP contribution in [0.15, 0.2) is 11.6 Å². The van der Waals surface area contributed by atoms with Crippen LogP contribution in [0.4, 0.5) is 0 Å². The van der Waals surface area contributed by atoms with E-state index in [2.05, 4.69) is 19.9 Å². The van der Waals surface area contributed by atoms with Crippen LogP contribution in [0, 0.1) is 11.3 Å². The number of fused-ring (bicyclic) bond motifs is 1. The molecule has 2 atom stereocenters. The van der Waals surface area contributed by atoms with Crippen molar-refractivity contribution in [3.8, 4) is 0 Å². The minimum Gasteiger partial charge on any atom is -0.0847 e. The van der Waals surface area contributed by atoms with Crippen LogP contribution in [0.2, 0.25) is 0 Å². The SMILES string of the molecule is CC1=CCC2(C)CCCC12. The number of allylic oxidation sites excluding steroid dienone is 2. The second-order valence-corrected chi connectivity index (χ2v) is 4.25. The Morgan fingerprint density at radius 3 is 3.10 bits per heavy atom. The Morgan fingerprint density at radius 1 is 1.60 bits per heavy atom. The zero-order valence-electron chi connectivity index (χ0n) is 6.98. The average Bonchev–Trinajstić information content (AvgIpc) is 2.35. The highest BCUT2D eigenvalue weighted by Gasteiger charge is 2.41. The van der Waals surface area contributed by atoms with E-state index in [4.69, 9.17) is 0 Å². The van der Waals surface area contributed by atoms with Crippen LogP contribution in [-0.4, -0.2) is 0 Å². The molecule has 2 aliphatic carbocycles. The largest absolute Gasteiger partial charge is 0.0847 e. The summed E-state index contributed by atoms with van der Waals surface area (Å²) in [5.74, 6) is 0.951. The van der Waals surface area contributed by atoms with E-state index in [1.54, 1.807) is 5.57 Å². The maximum Gasteiger partial charge on any atom is -0.0149 e. The standard InChI is InChI=1S/C10H16/c1-8-5-7-10(2)6-3-4-9(8)10/h5,9H,3-4,6-7H2,1-2H3. The highest BCUT2D eigenvalue weighted by molar-refractivity contribution is 5.19. The number of hydrogen-bond acceptors (Lipinski definition) is 0. The molecule has 0 amide bonds. The molecule has 0 bridgehead atoms. The Kier molecular flexibility index (Phi) is 1.21. The van der Waals surface area contributed by atoms with Crippen molar-refractivity contribution in [1.29, 1.82) is 0 Å². The molecule has 0 N–H and O–H groups in total. The zero-order chi connectivity index (χ0) is 7.19. The normalized spacial score (nSPS) is 45.4. The highest BCUT2D eigenvalue weighted by Crippen LogP contribution is 2.53. The molecule has 1 fully saturated rings. The molecule has 56 valence electrons. The summed E-state index contributed by atoms with van der Waals surface area (Å²) in [6.45, 7) is 4.76. The highest BCUT2D eigenvalue weighted by atomic mass is 14.5. The Bertz CT molecular complexity index is 178. The van der Waals surface area contributed by atoms with Gasteiger partial charge in [0.15, 0.2) is 0 Å². The molecular formula is C10H16. The van der Waals surface area contributed by atoms with Gasteiger partial charge in [0, 0.05) is 0 Å². The van der Waals surface area contributed by atoms with Crippen molar-refractivity contribution < 1.29 is 0 Å². The molecule has 0 aromatic rings. The van der Waals surface area contributed by atoms with Crippen molar-refractivity contribution in [1.82, 2.24) is 0 Å². The Morgan fingerprint density at radius 2 is 2.40 bits per heavy atom. The van der Waals surface area contributed by atoms with Gasteiger partial charge in [-0.05, 0) is 37.5 Å². The predicted molar refractivity (Wildman–Crippen MR) is 43.8 cm³/mol. The van der Waals surface area contributed by atoms with E-state index >= 15 is 0 Å². The molecule has 2 rings (SSSR count). The van der Waals surface area contributed by atoms with Crippen LogP contribution in [0.1, 0.15) is 39.5 Å². The smallest absolute Gasteiger partial charge is 0.0149 e. The minimum absolute atomic E-state index is 0.685. The van der Waals surface area contributed by atoms with Gasteiger partial charge in [-0.3, -0.25) is 0 Å². The van der Waals surface area contributed by atoms with Crippen LogP contribution < -0.4 is 0 Å². The first-order valence-electron chi connectivity index (χ1n) is 4.39. The molecule has 1 saturated carbocycles. The van der Waals surface area contributed by atoms with Gasteiger partial charge < -0.3 is 0 Å². The molecule has 0 spiro atoms. The quantitative estimate of drug-likeness (QED) is 0.449. The van der Waals surface area contributed by atoms with Crippen LogP contribution in [0.3, 0.4) is 0 Å². The summed E-state index contributed by atoms with van der Waals surface area (Å²) in [6.07, 6.45) is 8.18. The van der Waals surface area contributed by atoms with Gasteiger partial charge in [-0.2, -0.15) is 0 Å². The first-order chi connectivity index (χ1) is 4.72. The molecule has 2 unspecified atom stereocenters. The Balaban J connectivity index is 2.27. The fourth-order valence-corrected chi connectivity index (χ4v) is 2.79. The summed E-state index contributed by atoms with van der Waals surface area (Å²) in [5, 5.41) is 0. The van der Waals surface area contributed by atoms with Crippen LogP contribution in [0.5, 0.6) is 0 Å². The van der Waals surface area contributed by atoms with E-state index in [0.29, 0.717) is 5.41 Å². The zero-order valence-corrected chi connectivity index (χ0v) is 6.98. The second kappa shape index (κ2) is 1.87. The summed E-state index contributed by atoms with van der Waals surface area (Å²) < 4.78 is 0. The third kappa shape index (κ3) is 0.680. The van der Waals surface area contributed by atoms with E-state index in [1.165, 1.54) is 25.7 Å². The third-order valence-electron chi connectivity index (χ3n) is 3.52. The minimum atomic E-state index is 0.685. The fraction of sp³-hybridized carbons (Fsp3) is 0.800. The van der Waals surface area contributed by atoms with Gasteiger partial charge in [-0.1, -0.05) is 25.0 Å². The molecule has 0 radical (unpaired) electrons. The summed E-state index contributed by atoms with van der Waals surface area (Å²) in [4.78, 5) is 0. The Labute approximate surface area is 63.3 Å². The number of hydrogen-bond donors (Lipinski definition) is 0. The molecular weight excluding hydrogens is 120 g/mol. The topological polar surface area (TPSA) is 0 Å². The summed E-state index contributed by atoms with van der Waals surface area (Å²) in [5.41, 5.74) is 2.35. The molecule has 10 heavy (non-hydrogen) atoms. The lowest BCUT2D eigenvalue weighted by molar-refractivity contribution is 0.290. The molecule has 0 aliphatic heterocycles. The van der Waals surface area contributed by atoms with Crippen molar-refractivity contribution in [3.63, 3.8) is 0 Å². The van der Waals surface area contributed by atoms with E-state index in [1.807, 2.05) is 0 Å². The van der Waals surface area contributed by atoms with Crippen molar-refractivity contribution in [3.05, 3.63) is 11.6 Å². The van der Waals surface area contributed by atoms with Crippen molar-refractivity contribution in [2.24, 2.45) is 11.3 Å². The van der Waals surface area contributed by atoms with Gasteiger partial charge >= 0.3 is 0 Å². The summed E-state index contributed by atoms with van der Waals surface area (Å²) >= 11 is 0.